The van der Waals surface area contributed by atoms with Gasteiger partial charge in [0.2, 0.25) is 0 Å². The Morgan fingerprint density at radius 2 is 2.00 bits per heavy atom. The average Bonchev–Trinajstić information content (AvgIpc) is 2.85. The van der Waals surface area contributed by atoms with E-state index in [1.807, 2.05) is 56.8 Å². The molecule has 0 aliphatic carbocycles. The normalized spacial score (nSPS) is 13.6. The third-order valence-electron chi connectivity index (χ3n) is 4.75. The number of aliphatic imine (C=N–C) groups is 1. The minimum Gasteiger partial charge on any atom is -0.386 e. The summed E-state index contributed by atoms with van der Waals surface area (Å²) in [6.07, 6.45) is 0.259. The monoisotopic (exact) mass is 499 g/mol. The number of hydrogen-bond donors (Lipinski definition) is 3. The first-order valence-electron chi connectivity index (χ1n) is 9.60. The van der Waals surface area contributed by atoms with Crippen LogP contribution in [-0.4, -0.2) is 40.0 Å². The number of aliphatic hydroxyl groups is 1. The van der Waals surface area contributed by atoms with E-state index in [1.54, 1.807) is 0 Å². The van der Waals surface area contributed by atoms with Gasteiger partial charge in [-0.05, 0) is 52.2 Å². The molecule has 0 saturated carbocycles. The maximum atomic E-state index is 10.4. The van der Waals surface area contributed by atoms with Gasteiger partial charge >= 0.3 is 0 Å². The molecule has 2 unspecified atom stereocenters. The molecule has 1 aromatic carbocycles. The third kappa shape index (κ3) is 6.77. The van der Waals surface area contributed by atoms with Gasteiger partial charge in [-0.3, -0.25) is 9.67 Å². The molecule has 3 N–H and O–H groups in total. The van der Waals surface area contributed by atoms with Crippen LogP contribution in [-0.2, 0) is 13.5 Å². The predicted molar refractivity (Wildman–Crippen MR) is 127 cm³/mol. The van der Waals surface area contributed by atoms with E-state index >= 15 is 0 Å². The fourth-order valence-electron chi connectivity index (χ4n) is 3.18. The molecule has 156 valence electrons. The van der Waals surface area contributed by atoms with Gasteiger partial charge in [0.1, 0.15) is 0 Å². The Balaban J connectivity index is 0.00000392. The van der Waals surface area contributed by atoms with Crippen LogP contribution in [0.1, 0.15) is 48.0 Å². The first-order valence-corrected chi connectivity index (χ1v) is 9.60. The molecule has 1 aromatic heterocycles. The van der Waals surface area contributed by atoms with Crippen LogP contribution in [0.5, 0.6) is 0 Å². The lowest BCUT2D eigenvalue weighted by Gasteiger charge is -2.19. The number of aliphatic hydroxyl groups excluding tert-OH is 1. The fourth-order valence-corrected chi connectivity index (χ4v) is 3.18. The van der Waals surface area contributed by atoms with Crippen molar-refractivity contribution in [1.82, 2.24) is 20.4 Å². The second kappa shape index (κ2) is 11.4. The van der Waals surface area contributed by atoms with E-state index < -0.39 is 6.10 Å². The molecular formula is C21H34IN5O. The van der Waals surface area contributed by atoms with Crippen molar-refractivity contribution in [1.29, 1.82) is 0 Å². The Labute approximate surface area is 185 Å². The van der Waals surface area contributed by atoms with Gasteiger partial charge in [0.25, 0.3) is 0 Å². The number of hydrogen-bond acceptors (Lipinski definition) is 3. The zero-order valence-corrected chi connectivity index (χ0v) is 20.1. The summed E-state index contributed by atoms with van der Waals surface area (Å²) >= 11 is 0. The van der Waals surface area contributed by atoms with Crippen molar-refractivity contribution in [2.24, 2.45) is 12.0 Å². The summed E-state index contributed by atoms with van der Waals surface area (Å²) in [5.74, 6) is 0.718. The number of guanidine groups is 1. The molecule has 2 rings (SSSR count). The second-order valence-corrected chi connectivity index (χ2v) is 7.17. The van der Waals surface area contributed by atoms with Crippen LogP contribution in [0.3, 0.4) is 0 Å². The zero-order valence-electron chi connectivity index (χ0n) is 17.8. The molecule has 2 atom stereocenters. The molecule has 0 spiro atoms. The number of benzene rings is 1. The highest BCUT2D eigenvalue weighted by atomic mass is 127. The summed E-state index contributed by atoms with van der Waals surface area (Å²) in [5, 5.41) is 21.6. The number of nitrogens with zero attached hydrogens (tertiary/aromatic N) is 3. The second-order valence-electron chi connectivity index (χ2n) is 7.17. The van der Waals surface area contributed by atoms with Gasteiger partial charge in [-0.2, -0.15) is 5.10 Å². The minimum absolute atomic E-state index is 0. The van der Waals surface area contributed by atoms with Crippen molar-refractivity contribution in [3.8, 4) is 0 Å². The standard InChI is InChI=1S/C21H33N5O.HI/c1-7-22-21(23-13-20(27)18-10-8-9-14(2)11-18)24-15(3)12-19-16(4)25-26(6)17(19)5;/h8-11,15,20,27H,7,12-13H2,1-6H3,(H2,22,23,24);1H. The van der Waals surface area contributed by atoms with Crippen LogP contribution < -0.4 is 10.6 Å². The van der Waals surface area contributed by atoms with E-state index in [4.69, 9.17) is 0 Å². The quantitative estimate of drug-likeness (QED) is 0.311. The molecular weight excluding hydrogens is 465 g/mol. The van der Waals surface area contributed by atoms with Gasteiger partial charge < -0.3 is 15.7 Å². The van der Waals surface area contributed by atoms with E-state index in [2.05, 4.69) is 34.6 Å². The van der Waals surface area contributed by atoms with E-state index in [9.17, 15) is 5.11 Å². The van der Waals surface area contributed by atoms with Crippen LogP contribution >= 0.6 is 24.0 Å². The number of aryl methyl sites for hydroxylation is 3. The maximum absolute atomic E-state index is 10.4. The molecule has 0 radical (unpaired) electrons. The van der Waals surface area contributed by atoms with E-state index in [0.717, 1.165) is 35.7 Å². The lowest BCUT2D eigenvalue weighted by molar-refractivity contribution is 0.187. The van der Waals surface area contributed by atoms with Crippen LogP contribution in [0.2, 0.25) is 0 Å². The molecule has 0 bridgehead atoms. The number of aromatic nitrogens is 2. The maximum Gasteiger partial charge on any atom is 0.191 e. The van der Waals surface area contributed by atoms with Gasteiger partial charge in [-0.25, -0.2) is 0 Å². The van der Waals surface area contributed by atoms with Crippen molar-refractivity contribution in [2.45, 2.75) is 53.2 Å². The van der Waals surface area contributed by atoms with Gasteiger partial charge in [-0.1, -0.05) is 29.8 Å². The van der Waals surface area contributed by atoms with Crippen molar-refractivity contribution < 1.29 is 5.11 Å². The molecule has 0 aliphatic heterocycles. The molecule has 1 heterocycles. The highest BCUT2D eigenvalue weighted by molar-refractivity contribution is 14.0. The largest absolute Gasteiger partial charge is 0.386 e. The highest BCUT2D eigenvalue weighted by Crippen LogP contribution is 2.15. The minimum atomic E-state index is -0.613. The van der Waals surface area contributed by atoms with Crippen molar-refractivity contribution in [3.05, 3.63) is 52.3 Å². The number of halogens is 1. The summed E-state index contributed by atoms with van der Waals surface area (Å²) in [6.45, 7) is 11.4. The lowest BCUT2D eigenvalue weighted by atomic mass is 10.1. The van der Waals surface area contributed by atoms with Crippen LogP contribution in [0.15, 0.2) is 29.3 Å². The SMILES string of the molecule is CCNC(=NCC(O)c1cccc(C)c1)NC(C)Cc1c(C)nn(C)c1C.I. The topological polar surface area (TPSA) is 74.5 Å². The van der Waals surface area contributed by atoms with Crippen molar-refractivity contribution in [2.75, 3.05) is 13.1 Å². The molecule has 7 heteroatoms. The van der Waals surface area contributed by atoms with Crippen LogP contribution in [0, 0.1) is 20.8 Å². The molecule has 6 nitrogen and oxygen atoms in total. The first kappa shape index (κ1) is 24.4. The number of rotatable bonds is 7. The first-order chi connectivity index (χ1) is 12.8. The molecule has 0 aliphatic rings. The summed E-state index contributed by atoms with van der Waals surface area (Å²) in [4.78, 5) is 4.57. The summed E-state index contributed by atoms with van der Waals surface area (Å²) < 4.78 is 1.93. The summed E-state index contributed by atoms with van der Waals surface area (Å²) in [6, 6.07) is 8.11. The zero-order chi connectivity index (χ0) is 20.0. The molecule has 0 saturated heterocycles. The third-order valence-corrected chi connectivity index (χ3v) is 4.75. The molecule has 0 fully saturated rings. The Hall–Kier alpha value is -1.61. The van der Waals surface area contributed by atoms with E-state index in [0.29, 0.717) is 6.54 Å². The van der Waals surface area contributed by atoms with E-state index in [1.165, 1.54) is 11.3 Å². The van der Waals surface area contributed by atoms with Gasteiger partial charge in [-0.15, -0.1) is 24.0 Å². The Bertz CT molecular complexity index is 787. The molecule has 2 aromatic rings. The van der Waals surface area contributed by atoms with Gasteiger partial charge in [0.15, 0.2) is 5.96 Å². The smallest absolute Gasteiger partial charge is 0.191 e. The lowest BCUT2D eigenvalue weighted by Crippen LogP contribution is -2.43. The highest BCUT2D eigenvalue weighted by Gasteiger charge is 2.14. The Morgan fingerprint density at radius 3 is 2.57 bits per heavy atom. The van der Waals surface area contributed by atoms with Crippen molar-refractivity contribution in [3.63, 3.8) is 0 Å². The molecule has 0 amide bonds. The Kier molecular flexibility index (Phi) is 9.95. The van der Waals surface area contributed by atoms with Gasteiger partial charge in [0, 0.05) is 25.3 Å². The van der Waals surface area contributed by atoms with Crippen LogP contribution in [0.25, 0.3) is 0 Å². The Morgan fingerprint density at radius 1 is 1.29 bits per heavy atom. The van der Waals surface area contributed by atoms with Gasteiger partial charge in [0.05, 0.1) is 18.3 Å². The van der Waals surface area contributed by atoms with Crippen LogP contribution in [0.4, 0.5) is 0 Å². The predicted octanol–water partition coefficient (Wildman–Crippen LogP) is 3.18. The van der Waals surface area contributed by atoms with Crippen molar-refractivity contribution >= 4 is 29.9 Å². The summed E-state index contributed by atoms with van der Waals surface area (Å²) in [7, 11) is 1.97. The molecule has 28 heavy (non-hydrogen) atoms. The average molecular weight is 499 g/mol. The fraction of sp³-hybridized carbons (Fsp3) is 0.524. The summed E-state index contributed by atoms with van der Waals surface area (Å²) in [5.41, 5.74) is 5.56. The van der Waals surface area contributed by atoms with E-state index in [-0.39, 0.29) is 30.0 Å². The number of nitrogens with one attached hydrogen (secondary N) is 2.